The van der Waals surface area contributed by atoms with Gasteiger partial charge in [-0.05, 0) is 34.8 Å². The quantitative estimate of drug-likeness (QED) is 0.918. The van der Waals surface area contributed by atoms with Crippen LogP contribution in [0.4, 0.5) is 0 Å². The number of hydrogen-bond acceptors (Lipinski definition) is 3. The lowest BCUT2D eigenvalue weighted by Crippen LogP contribution is -2.06. The molecule has 0 atom stereocenters. The van der Waals surface area contributed by atoms with Gasteiger partial charge in [-0.1, -0.05) is 0 Å². The molecule has 0 unspecified atom stereocenters. The summed E-state index contributed by atoms with van der Waals surface area (Å²) >= 11 is 3.38. The van der Waals surface area contributed by atoms with E-state index in [0.717, 1.165) is 23.0 Å². The molecular formula is C10H10BrNO3. The lowest BCUT2D eigenvalue weighted by Gasteiger charge is -2.08. The normalized spacial score (nSPS) is 15.1. The molecule has 80 valence electrons. The molecule has 0 saturated heterocycles. The fraction of sp³-hybridized carbons (Fsp3) is 0.400. The van der Waals surface area contributed by atoms with Gasteiger partial charge in [0, 0.05) is 10.4 Å². The van der Waals surface area contributed by atoms with Crippen molar-refractivity contribution in [1.82, 2.24) is 4.98 Å². The Hall–Kier alpha value is -1.10. The van der Waals surface area contributed by atoms with Gasteiger partial charge >= 0.3 is 5.97 Å². The Balaban J connectivity index is 2.51. The molecule has 2 rings (SSSR count). The zero-order chi connectivity index (χ0) is 11.0. The van der Waals surface area contributed by atoms with Crippen LogP contribution in [-0.2, 0) is 0 Å². The molecule has 1 aromatic heterocycles. The van der Waals surface area contributed by atoms with Crippen LogP contribution in [0.2, 0.25) is 0 Å². The Morgan fingerprint density at radius 3 is 2.80 bits per heavy atom. The molecule has 1 aliphatic carbocycles. The second kappa shape index (κ2) is 3.81. The second-order valence-corrected chi connectivity index (χ2v) is 4.34. The molecule has 1 fully saturated rings. The number of pyridine rings is 1. The SMILES string of the molecule is COc1cc(Br)c(C2CC2)nc1C(=O)O. The molecule has 0 amide bonds. The molecule has 0 spiro atoms. The molecule has 15 heavy (non-hydrogen) atoms. The summed E-state index contributed by atoms with van der Waals surface area (Å²) in [4.78, 5) is 15.1. The monoisotopic (exact) mass is 271 g/mol. The number of aromatic nitrogens is 1. The number of carbonyl (C=O) groups is 1. The first-order valence-electron chi connectivity index (χ1n) is 4.61. The van der Waals surface area contributed by atoms with E-state index in [1.54, 1.807) is 6.07 Å². The summed E-state index contributed by atoms with van der Waals surface area (Å²) in [5.74, 6) is -0.358. The molecule has 0 bridgehead atoms. The average Bonchev–Trinajstić information content (AvgIpc) is 3.00. The van der Waals surface area contributed by atoms with Gasteiger partial charge in [-0.2, -0.15) is 0 Å². The van der Waals surface area contributed by atoms with E-state index in [9.17, 15) is 4.79 Å². The molecule has 0 aromatic carbocycles. The Kier molecular flexibility index (Phi) is 2.65. The fourth-order valence-electron chi connectivity index (χ4n) is 1.44. The highest BCUT2D eigenvalue weighted by atomic mass is 79.9. The highest BCUT2D eigenvalue weighted by molar-refractivity contribution is 9.10. The largest absolute Gasteiger partial charge is 0.494 e. The van der Waals surface area contributed by atoms with Gasteiger partial charge < -0.3 is 9.84 Å². The summed E-state index contributed by atoms with van der Waals surface area (Å²) in [5, 5.41) is 8.96. The first kappa shape index (κ1) is 10.4. The van der Waals surface area contributed by atoms with Crippen LogP contribution in [0.5, 0.6) is 5.75 Å². The van der Waals surface area contributed by atoms with E-state index in [0.29, 0.717) is 11.7 Å². The van der Waals surface area contributed by atoms with E-state index in [1.165, 1.54) is 7.11 Å². The third kappa shape index (κ3) is 1.97. The molecule has 0 aliphatic heterocycles. The van der Waals surface area contributed by atoms with E-state index in [1.807, 2.05) is 0 Å². The maximum Gasteiger partial charge on any atom is 0.358 e. The minimum absolute atomic E-state index is 0.0115. The highest BCUT2D eigenvalue weighted by Gasteiger charge is 2.29. The summed E-state index contributed by atoms with van der Waals surface area (Å²) < 4.78 is 5.80. The summed E-state index contributed by atoms with van der Waals surface area (Å²) in [6, 6.07) is 1.67. The van der Waals surface area contributed by atoms with Crippen LogP contribution in [0.1, 0.15) is 34.9 Å². The molecular weight excluding hydrogens is 262 g/mol. The summed E-state index contributed by atoms with van der Waals surface area (Å²) in [6.45, 7) is 0. The van der Waals surface area contributed by atoms with E-state index in [2.05, 4.69) is 20.9 Å². The summed E-state index contributed by atoms with van der Waals surface area (Å²) in [5.41, 5.74) is 0.816. The average molecular weight is 272 g/mol. The number of nitrogens with zero attached hydrogens (tertiary/aromatic N) is 1. The molecule has 1 aliphatic rings. The van der Waals surface area contributed by atoms with Crippen LogP contribution in [0.3, 0.4) is 0 Å². The van der Waals surface area contributed by atoms with Crippen molar-refractivity contribution in [1.29, 1.82) is 0 Å². The third-order valence-corrected chi connectivity index (χ3v) is 2.99. The van der Waals surface area contributed by atoms with Gasteiger partial charge in [0.1, 0.15) is 0 Å². The van der Waals surface area contributed by atoms with Crippen molar-refractivity contribution in [3.63, 3.8) is 0 Å². The van der Waals surface area contributed by atoms with Crippen LogP contribution in [0.15, 0.2) is 10.5 Å². The van der Waals surface area contributed by atoms with Crippen LogP contribution in [0, 0.1) is 0 Å². The maximum absolute atomic E-state index is 10.9. The van der Waals surface area contributed by atoms with Crippen molar-refractivity contribution in [2.45, 2.75) is 18.8 Å². The van der Waals surface area contributed by atoms with Gasteiger partial charge in [0.05, 0.1) is 12.8 Å². The second-order valence-electron chi connectivity index (χ2n) is 3.49. The number of methoxy groups -OCH3 is 1. The van der Waals surface area contributed by atoms with Crippen molar-refractivity contribution in [3.05, 3.63) is 21.9 Å². The van der Waals surface area contributed by atoms with Gasteiger partial charge in [0.2, 0.25) is 0 Å². The Bertz CT molecular complexity index is 415. The lowest BCUT2D eigenvalue weighted by atomic mass is 10.2. The zero-order valence-corrected chi connectivity index (χ0v) is 9.74. The smallest absolute Gasteiger partial charge is 0.358 e. The number of halogens is 1. The number of hydrogen-bond donors (Lipinski definition) is 1. The van der Waals surface area contributed by atoms with Gasteiger partial charge in [-0.3, -0.25) is 0 Å². The van der Waals surface area contributed by atoms with E-state index in [4.69, 9.17) is 9.84 Å². The molecule has 1 aromatic rings. The Morgan fingerprint density at radius 1 is 1.67 bits per heavy atom. The predicted octanol–water partition coefficient (Wildman–Crippen LogP) is 2.43. The number of carboxylic acid groups (broad SMARTS) is 1. The van der Waals surface area contributed by atoms with Crippen LogP contribution in [-0.4, -0.2) is 23.2 Å². The molecule has 0 radical (unpaired) electrons. The first-order valence-corrected chi connectivity index (χ1v) is 5.40. The van der Waals surface area contributed by atoms with Gasteiger partial charge in [-0.25, -0.2) is 9.78 Å². The number of ether oxygens (including phenoxy) is 1. The minimum Gasteiger partial charge on any atom is -0.494 e. The lowest BCUT2D eigenvalue weighted by molar-refractivity contribution is 0.0686. The number of rotatable bonds is 3. The third-order valence-electron chi connectivity index (χ3n) is 2.35. The zero-order valence-electron chi connectivity index (χ0n) is 8.16. The molecule has 1 N–H and O–H groups in total. The summed E-state index contributed by atoms with van der Waals surface area (Å²) in [6.07, 6.45) is 2.16. The van der Waals surface area contributed by atoms with Gasteiger partial charge in [0.25, 0.3) is 0 Å². The van der Waals surface area contributed by atoms with Crippen molar-refractivity contribution < 1.29 is 14.6 Å². The first-order chi connectivity index (χ1) is 7.13. The fourth-order valence-corrected chi connectivity index (χ4v) is 2.06. The number of aromatic carboxylic acids is 1. The van der Waals surface area contributed by atoms with Crippen LogP contribution < -0.4 is 4.74 Å². The molecule has 4 nitrogen and oxygen atoms in total. The highest BCUT2D eigenvalue weighted by Crippen LogP contribution is 2.43. The van der Waals surface area contributed by atoms with Crippen LogP contribution >= 0.6 is 15.9 Å². The topological polar surface area (TPSA) is 59.4 Å². The maximum atomic E-state index is 10.9. The van der Waals surface area contributed by atoms with Gasteiger partial charge in [-0.15, -0.1) is 0 Å². The standard InChI is InChI=1S/C10H10BrNO3/c1-15-7-4-6(11)8(5-2-3-5)12-9(7)10(13)14/h4-5H,2-3H2,1H3,(H,13,14). The number of carboxylic acids is 1. The van der Waals surface area contributed by atoms with E-state index in [-0.39, 0.29) is 5.69 Å². The summed E-state index contributed by atoms with van der Waals surface area (Å²) in [7, 11) is 1.44. The predicted molar refractivity (Wildman–Crippen MR) is 57.4 cm³/mol. The van der Waals surface area contributed by atoms with Crippen molar-refractivity contribution in [2.75, 3.05) is 7.11 Å². The van der Waals surface area contributed by atoms with Crippen LogP contribution in [0.25, 0.3) is 0 Å². The Morgan fingerprint density at radius 2 is 2.33 bits per heavy atom. The van der Waals surface area contributed by atoms with Gasteiger partial charge in [0.15, 0.2) is 11.4 Å². The van der Waals surface area contributed by atoms with E-state index < -0.39 is 5.97 Å². The molecule has 1 saturated carbocycles. The van der Waals surface area contributed by atoms with Crippen molar-refractivity contribution in [2.24, 2.45) is 0 Å². The van der Waals surface area contributed by atoms with E-state index >= 15 is 0 Å². The minimum atomic E-state index is -1.05. The Labute approximate surface area is 95.4 Å². The molecule has 1 heterocycles. The molecule has 5 heteroatoms. The van der Waals surface area contributed by atoms with Crippen molar-refractivity contribution >= 4 is 21.9 Å². The van der Waals surface area contributed by atoms with Crippen molar-refractivity contribution in [3.8, 4) is 5.75 Å².